The van der Waals surface area contributed by atoms with E-state index < -0.39 is 7.59 Å². The molecule has 2 aromatic rings. The van der Waals surface area contributed by atoms with Gasteiger partial charge in [-0.3, -0.25) is 0 Å². The van der Waals surface area contributed by atoms with E-state index in [0.29, 0.717) is 6.61 Å². The molecule has 0 radical (unpaired) electrons. The van der Waals surface area contributed by atoms with Crippen molar-refractivity contribution in [2.75, 3.05) is 13.2 Å². The van der Waals surface area contributed by atoms with Crippen molar-refractivity contribution in [1.82, 2.24) is 15.0 Å². The molecular formula is C18H17Cl6N3O2. The Balaban J connectivity index is 2.10. The van der Waals surface area contributed by atoms with Crippen molar-refractivity contribution in [3.63, 3.8) is 0 Å². The molecule has 0 atom stereocenters. The highest BCUT2D eigenvalue weighted by molar-refractivity contribution is 6.67. The third kappa shape index (κ3) is 8.62. The van der Waals surface area contributed by atoms with E-state index in [9.17, 15) is 0 Å². The Morgan fingerprint density at radius 2 is 1.38 bits per heavy atom. The zero-order valence-corrected chi connectivity index (χ0v) is 19.5. The average molecular weight is 520 g/mol. The lowest BCUT2D eigenvalue weighted by Gasteiger charge is -2.14. The molecule has 11 heteroatoms. The fourth-order valence-corrected chi connectivity index (χ4v) is 2.65. The number of aliphatic hydroxyl groups excluding tert-OH is 1. The Bertz CT molecular complexity index is 788. The predicted molar refractivity (Wildman–Crippen MR) is 120 cm³/mol. The summed E-state index contributed by atoms with van der Waals surface area (Å²) < 4.78 is 1.86. The van der Waals surface area contributed by atoms with Gasteiger partial charge in [0.25, 0.3) is 0 Å². The van der Waals surface area contributed by atoms with Gasteiger partial charge in [0, 0.05) is 6.61 Å². The van der Waals surface area contributed by atoms with Crippen LogP contribution in [-0.2, 0) is 7.59 Å². The molecule has 0 aliphatic heterocycles. The third-order valence-electron chi connectivity index (χ3n) is 3.54. The minimum Gasteiger partial charge on any atom is -0.494 e. The van der Waals surface area contributed by atoms with Gasteiger partial charge < -0.3 is 9.84 Å². The maximum absolute atomic E-state index is 8.76. The van der Waals surface area contributed by atoms with Crippen LogP contribution in [0.15, 0.2) is 24.3 Å². The number of nitrogens with zero attached hydrogens (tertiary/aromatic N) is 3. The molecule has 0 aliphatic rings. The van der Waals surface area contributed by atoms with E-state index in [4.69, 9.17) is 79.4 Å². The molecule has 1 aromatic carbocycles. The standard InChI is InChI=1S/C18H17Cl6N3O2/c19-17(20,21)15-25-14(26-16(27-15)18(22,23)24)9-6-12-4-7-13(8-5-12)29-11-3-1-2-10-28/h4-9,28H,1-3,10-11H2/b9-6+. The van der Waals surface area contributed by atoms with Crippen LogP contribution in [0.2, 0.25) is 0 Å². The zero-order valence-electron chi connectivity index (χ0n) is 15.0. The number of benzene rings is 1. The molecule has 29 heavy (non-hydrogen) atoms. The van der Waals surface area contributed by atoms with Crippen molar-refractivity contribution in [1.29, 1.82) is 0 Å². The first-order valence-corrected chi connectivity index (χ1v) is 10.8. The molecule has 158 valence electrons. The summed E-state index contributed by atoms with van der Waals surface area (Å²) in [5.74, 6) is 0.627. The second-order valence-electron chi connectivity index (χ2n) is 5.87. The number of aliphatic hydroxyl groups is 1. The van der Waals surface area contributed by atoms with Gasteiger partial charge in [-0.05, 0) is 43.0 Å². The molecule has 0 amide bonds. The van der Waals surface area contributed by atoms with Crippen LogP contribution in [0.5, 0.6) is 5.75 Å². The van der Waals surface area contributed by atoms with E-state index in [0.717, 1.165) is 30.6 Å². The molecule has 0 spiro atoms. The normalized spacial score (nSPS) is 12.5. The first kappa shape index (κ1) is 24.7. The number of halogens is 6. The van der Waals surface area contributed by atoms with Crippen LogP contribution in [0.1, 0.15) is 42.3 Å². The second kappa shape index (κ2) is 11.2. The molecule has 0 saturated heterocycles. The van der Waals surface area contributed by atoms with E-state index in [1.165, 1.54) is 0 Å². The van der Waals surface area contributed by atoms with E-state index in [-0.39, 0.29) is 24.1 Å². The van der Waals surface area contributed by atoms with Crippen LogP contribution in [0, 0.1) is 0 Å². The summed E-state index contributed by atoms with van der Waals surface area (Å²) in [4.78, 5) is 12.1. The molecule has 1 heterocycles. The summed E-state index contributed by atoms with van der Waals surface area (Å²) in [5, 5.41) is 8.76. The quantitative estimate of drug-likeness (QED) is 0.330. The molecule has 2 rings (SSSR count). The lowest BCUT2D eigenvalue weighted by Crippen LogP contribution is -2.16. The van der Waals surface area contributed by atoms with E-state index in [2.05, 4.69) is 15.0 Å². The summed E-state index contributed by atoms with van der Waals surface area (Å²) in [7, 11) is 0. The molecular weight excluding hydrogens is 503 g/mol. The summed E-state index contributed by atoms with van der Waals surface area (Å²) in [6.07, 6.45) is 5.94. The van der Waals surface area contributed by atoms with E-state index in [1.54, 1.807) is 12.2 Å². The summed E-state index contributed by atoms with van der Waals surface area (Å²) >= 11 is 35.1. The minimum atomic E-state index is -1.90. The lowest BCUT2D eigenvalue weighted by atomic mass is 10.2. The number of ether oxygens (including phenoxy) is 1. The van der Waals surface area contributed by atoms with Crippen molar-refractivity contribution in [3.8, 4) is 5.75 Å². The average Bonchev–Trinajstić information content (AvgIpc) is 2.65. The SMILES string of the molecule is OCCCCCOc1ccc(/C=C/c2nc(C(Cl)(Cl)Cl)nc(C(Cl)(Cl)Cl)n2)cc1. The van der Waals surface area contributed by atoms with Gasteiger partial charge in [-0.2, -0.15) is 0 Å². The molecule has 0 aliphatic carbocycles. The van der Waals surface area contributed by atoms with E-state index >= 15 is 0 Å². The molecule has 0 bridgehead atoms. The van der Waals surface area contributed by atoms with Crippen molar-refractivity contribution < 1.29 is 9.84 Å². The van der Waals surface area contributed by atoms with Gasteiger partial charge in [-0.25, -0.2) is 15.0 Å². The van der Waals surface area contributed by atoms with Crippen molar-refractivity contribution in [2.24, 2.45) is 0 Å². The number of hydrogen-bond donors (Lipinski definition) is 1. The summed E-state index contributed by atoms with van der Waals surface area (Å²) in [5.41, 5.74) is 0.865. The fraction of sp³-hybridized carbons (Fsp3) is 0.389. The van der Waals surface area contributed by atoms with Gasteiger partial charge >= 0.3 is 0 Å². The van der Waals surface area contributed by atoms with Crippen molar-refractivity contribution >= 4 is 81.8 Å². The number of rotatable bonds is 8. The molecule has 0 saturated carbocycles. The van der Waals surface area contributed by atoms with Gasteiger partial charge in [0.2, 0.25) is 7.59 Å². The van der Waals surface area contributed by atoms with Gasteiger partial charge in [-0.1, -0.05) is 87.8 Å². The lowest BCUT2D eigenvalue weighted by molar-refractivity contribution is 0.266. The first-order valence-electron chi connectivity index (χ1n) is 8.52. The minimum absolute atomic E-state index is 0.150. The third-order valence-corrected chi connectivity index (χ3v) is 4.55. The van der Waals surface area contributed by atoms with Crippen LogP contribution < -0.4 is 4.74 Å². The zero-order chi connectivity index (χ0) is 21.5. The number of alkyl halides is 6. The number of hydrogen-bond acceptors (Lipinski definition) is 5. The van der Waals surface area contributed by atoms with Crippen LogP contribution in [0.25, 0.3) is 12.2 Å². The molecule has 5 nitrogen and oxygen atoms in total. The maximum Gasteiger partial charge on any atom is 0.250 e. The monoisotopic (exact) mass is 517 g/mol. The Kier molecular flexibility index (Phi) is 9.55. The van der Waals surface area contributed by atoms with Crippen molar-refractivity contribution in [2.45, 2.75) is 26.8 Å². The Morgan fingerprint density at radius 3 is 1.90 bits per heavy atom. The molecule has 1 aromatic heterocycles. The number of unbranched alkanes of at least 4 members (excludes halogenated alkanes) is 2. The van der Waals surface area contributed by atoms with Crippen LogP contribution in [0.4, 0.5) is 0 Å². The maximum atomic E-state index is 8.76. The Hall–Kier alpha value is -0.530. The Labute approximate surface area is 198 Å². The van der Waals surface area contributed by atoms with Gasteiger partial charge in [0.1, 0.15) is 5.75 Å². The second-order valence-corrected chi connectivity index (χ2v) is 10.4. The molecule has 0 fully saturated rings. The highest BCUT2D eigenvalue weighted by Crippen LogP contribution is 2.40. The van der Waals surface area contributed by atoms with Gasteiger partial charge in [-0.15, -0.1) is 0 Å². The van der Waals surface area contributed by atoms with Crippen LogP contribution in [-0.4, -0.2) is 33.3 Å². The van der Waals surface area contributed by atoms with Crippen LogP contribution in [0.3, 0.4) is 0 Å². The fourth-order valence-electron chi connectivity index (χ4n) is 2.15. The molecule has 0 unspecified atom stereocenters. The van der Waals surface area contributed by atoms with Gasteiger partial charge in [0.15, 0.2) is 17.5 Å². The Morgan fingerprint density at radius 1 is 0.793 bits per heavy atom. The number of aromatic nitrogens is 3. The highest BCUT2D eigenvalue weighted by Gasteiger charge is 2.33. The highest BCUT2D eigenvalue weighted by atomic mass is 35.6. The van der Waals surface area contributed by atoms with Crippen LogP contribution >= 0.6 is 69.6 Å². The first-order chi connectivity index (χ1) is 13.6. The summed E-state index contributed by atoms with van der Waals surface area (Å²) in [6.45, 7) is 0.800. The summed E-state index contributed by atoms with van der Waals surface area (Å²) in [6, 6.07) is 7.43. The predicted octanol–water partition coefficient (Wildman–Crippen LogP) is 6.24. The molecule has 1 N–H and O–H groups in total. The smallest absolute Gasteiger partial charge is 0.250 e. The topological polar surface area (TPSA) is 68.1 Å². The van der Waals surface area contributed by atoms with E-state index in [1.807, 2.05) is 24.3 Å². The van der Waals surface area contributed by atoms with Crippen molar-refractivity contribution in [3.05, 3.63) is 47.3 Å². The van der Waals surface area contributed by atoms with Gasteiger partial charge in [0.05, 0.1) is 6.61 Å². The largest absolute Gasteiger partial charge is 0.494 e.